The topological polar surface area (TPSA) is 84.0 Å². The molecule has 6 nitrogen and oxygen atoms in total. The van der Waals surface area contributed by atoms with E-state index in [1.807, 2.05) is 13.0 Å². The number of fused-ring (bicyclic) bond motifs is 1. The number of ether oxygens (including phenoxy) is 2. The number of nitrogens with zero attached hydrogens (tertiary/aromatic N) is 3. The van der Waals surface area contributed by atoms with Gasteiger partial charge in [-0.3, -0.25) is 4.79 Å². The van der Waals surface area contributed by atoms with E-state index in [2.05, 4.69) is 16.1 Å². The van der Waals surface area contributed by atoms with Crippen LogP contribution in [0.1, 0.15) is 18.9 Å². The number of amides is 1. The zero-order valence-electron chi connectivity index (χ0n) is 15.2. The van der Waals surface area contributed by atoms with Crippen LogP contribution in [0.3, 0.4) is 0 Å². The molecule has 2 aliphatic rings. The molecule has 1 atom stereocenters. The number of aliphatic imine (C=N–C) groups is 2. The van der Waals surface area contributed by atoms with Crippen molar-refractivity contribution in [1.82, 2.24) is 0 Å². The smallest absolute Gasteiger partial charge is 0.260 e. The number of rotatable bonds is 6. The Hall–Kier alpha value is -3.46. The molecule has 0 saturated carbocycles. The van der Waals surface area contributed by atoms with Crippen molar-refractivity contribution < 1.29 is 14.3 Å². The van der Waals surface area contributed by atoms with Gasteiger partial charge in [-0.2, -0.15) is 10.3 Å². The highest BCUT2D eigenvalue weighted by atomic mass is 16.5. The Labute approximate surface area is 157 Å². The highest BCUT2D eigenvalue weighted by Crippen LogP contribution is 2.29. The van der Waals surface area contributed by atoms with Crippen molar-refractivity contribution in [2.24, 2.45) is 15.9 Å². The summed E-state index contributed by atoms with van der Waals surface area (Å²) in [4.78, 5) is 20.6. The van der Waals surface area contributed by atoms with Crippen molar-refractivity contribution in [3.8, 4) is 17.6 Å². The number of hydrogen-bond donors (Lipinski definition) is 0. The second-order valence-corrected chi connectivity index (χ2v) is 5.96. The molecule has 1 aromatic rings. The zero-order chi connectivity index (χ0) is 19.2. The van der Waals surface area contributed by atoms with Crippen LogP contribution < -0.4 is 9.47 Å². The van der Waals surface area contributed by atoms with Gasteiger partial charge in [0.2, 0.25) is 0 Å². The predicted octanol–water partition coefficient (Wildman–Crippen LogP) is 3.51. The summed E-state index contributed by atoms with van der Waals surface area (Å²) in [7, 11) is 1.56. The van der Waals surface area contributed by atoms with Gasteiger partial charge in [0.25, 0.3) is 5.91 Å². The van der Waals surface area contributed by atoms with Crippen molar-refractivity contribution in [3.05, 3.63) is 53.6 Å². The van der Waals surface area contributed by atoms with Crippen LogP contribution in [-0.4, -0.2) is 31.2 Å². The summed E-state index contributed by atoms with van der Waals surface area (Å²) in [5.74, 6) is 0.552. The summed E-state index contributed by atoms with van der Waals surface area (Å²) in [6, 6.07) is 7.46. The average Bonchev–Trinajstić information content (AvgIpc) is 2.70. The Balaban J connectivity index is 1.92. The standard InChI is InChI=1S/C21H19N3O3/c1-3-10-27-18-9-8-14(12-19(18)26-2)11-15(13-22)20-23-17-7-5-4-6-16(17)21(25)24-20/h4-9,11-12,16H,3,10H2,1-2H3/b15-11-. The van der Waals surface area contributed by atoms with Crippen LogP contribution in [0.2, 0.25) is 0 Å². The van der Waals surface area contributed by atoms with Gasteiger partial charge in [-0.25, -0.2) is 4.99 Å². The molecule has 0 spiro atoms. The lowest BCUT2D eigenvalue weighted by atomic mass is 9.96. The lowest BCUT2D eigenvalue weighted by Crippen LogP contribution is -2.27. The number of methoxy groups -OCH3 is 1. The minimum Gasteiger partial charge on any atom is -0.493 e. The molecule has 0 saturated heterocycles. The first kappa shape index (κ1) is 18.3. The first-order valence-electron chi connectivity index (χ1n) is 8.65. The Kier molecular flexibility index (Phi) is 5.62. The molecule has 1 amide bonds. The fourth-order valence-corrected chi connectivity index (χ4v) is 2.71. The highest BCUT2D eigenvalue weighted by molar-refractivity contribution is 6.26. The molecule has 1 unspecified atom stereocenters. The summed E-state index contributed by atoms with van der Waals surface area (Å²) in [6.45, 7) is 2.62. The van der Waals surface area contributed by atoms with Gasteiger partial charge in [0.1, 0.15) is 12.0 Å². The average molecular weight is 361 g/mol. The number of benzene rings is 1. The van der Waals surface area contributed by atoms with Crippen molar-refractivity contribution in [2.45, 2.75) is 13.3 Å². The van der Waals surface area contributed by atoms with Crippen LogP contribution in [0.25, 0.3) is 6.08 Å². The molecule has 1 aliphatic heterocycles. The molecule has 3 rings (SSSR count). The lowest BCUT2D eigenvalue weighted by molar-refractivity contribution is -0.118. The Bertz CT molecular complexity index is 946. The van der Waals surface area contributed by atoms with E-state index in [0.717, 1.165) is 12.0 Å². The monoisotopic (exact) mass is 361 g/mol. The third-order valence-electron chi connectivity index (χ3n) is 4.04. The summed E-state index contributed by atoms with van der Waals surface area (Å²) in [6.07, 6.45) is 9.62. The number of carbonyl (C=O) groups excluding carboxylic acids is 1. The fourth-order valence-electron chi connectivity index (χ4n) is 2.71. The third-order valence-corrected chi connectivity index (χ3v) is 4.04. The molecule has 6 heteroatoms. The fraction of sp³-hybridized carbons (Fsp3) is 0.238. The maximum Gasteiger partial charge on any atom is 0.260 e. The number of amidine groups is 1. The minimum atomic E-state index is -0.464. The number of carbonyl (C=O) groups is 1. The Morgan fingerprint density at radius 1 is 1.30 bits per heavy atom. The van der Waals surface area contributed by atoms with E-state index in [1.165, 1.54) is 0 Å². The molecule has 1 aromatic carbocycles. The zero-order valence-corrected chi connectivity index (χ0v) is 15.2. The largest absolute Gasteiger partial charge is 0.493 e. The maximum atomic E-state index is 12.2. The van der Waals surface area contributed by atoms with Crippen LogP contribution in [0.5, 0.6) is 11.5 Å². The normalized spacial score (nSPS) is 18.3. The maximum absolute atomic E-state index is 12.2. The van der Waals surface area contributed by atoms with Crippen molar-refractivity contribution in [1.29, 1.82) is 5.26 Å². The van der Waals surface area contributed by atoms with Crippen molar-refractivity contribution in [2.75, 3.05) is 13.7 Å². The van der Waals surface area contributed by atoms with E-state index in [4.69, 9.17) is 9.47 Å². The van der Waals surface area contributed by atoms with Crippen LogP contribution in [0.4, 0.5) is 0 Å². The van der Waals surface area contributed by atoms with Gasteiger partial charge in [0.15, 0.2) is 17.3 Å². The van der Waals surface area contributed by atoms with E-state index >= 15 is 0 Å². The summed E-state index contributed by atoms with van der Waals surface area (Å²) >= 11 is 0. The van der Waals surface area contributed by atoms with Gasteiger partial charge in [0, 0.05) is 0 Å². The van der Waals surface area contributed by atoms with E-state index < -0.39 is 5.92 Å². The minimum absolute atomic E-state index is 0.124. The second kappa shape index (κ2) is 8.28. The summed E-state index contributed by atoms with van der Waals surface area (Å²) in [5, 5.41) is 9.55. The van der Waals surface area contributed by atoms with Crippen LogP contribution >= 0.6 is 0 Å². The Morgan fingerprint density at radius 2 is 2.15 bits per heavy atom. The molecule has 0 N–H and O–H groups in total. The van der Waals surface area contributed by atoms with Gasteiger partial charge >= 0.3 is 0 Å². The highest BCUT2D eigenvalue weighted by Gasteiger charge is 2.27. The van der Waals surface area contributed by atoms with Crippen molar-refractivity contribution in [3.63, 3.8) is 0 Å². The molecular weight excluding hydrogens is 342 g/mol. The summed E-state index contributed by atoms with van der Waals surface area (Å²) < 4.78 is 11.0. The lowest BCUT2D eigenvalue weighted by Gasteiger charge is -2.17. The van der Waals surface area contributed by atoms with Crippen LogP contribution in [0, 0.1) is 17.2 Å². The molecule has 136 valence electrons. The number of hydrogen-bond acceptors (Lipinski definition) is 5. The predicted molar refractivity (Wildman–Crippen MR) is 104 cm³/mol. The molecule has 0 radical (unpaired) electrons. The van der Waals surface area contributed by atoms with E-state index in [-0.39, 0.29) is 17.3 Å². The van der Waals surface area contributed by atoms with Crippen molar-refractivity contribution >= 4 is 23.5 Å². The summed E-state index contributed by atoms with van der Waals surface area (Å²) in [5.41, 5.74) is 1.53. The molecular formula is C21H19N3O3. The third kappa shape index (κ3) is 4.04. The number of allylic oxidation sites excluding steroid dienone is 3. The van der Waals surface area contributed by atoms with Gasteiger partial charge in [-0.1, -0.05) is 31.2 Å². The molecule has 27 heavy (non-hydrogen) atoms. The molecule has 0 aromatic heterocycles. The van der Waals surface area contributed by atoms with Gasteiger partial charge in [-0.15, -0.1) is 0 Å². The molecule has 1 heterocycles. The number of nitriles is 1. The first-order valence-corrected chi connectivity index (χ1v) is 8.65. The van der Waals surface area contributed by atoms with Gasteiger partial charge in [0.05, 0.1) is 25.0 Å². The Morgan fingerprint density at radius 3 is 2.89 bits per heavy atom. The SMILES string of the molecule is CCCOc1ccc(/C=C(/C#N)C2=NC(=O)C3C=CC=CC3=N2)cc1OC. The van der Waals surface area contributed by atoms with Gasteiger partial charge < -0.3 is 9.47 Å². The van der Waals surface area contributed by atoms with Crippen LogP contribution in [0.15, 0.2) is 58.1 Å². The van der Waals surface area contributed by atoms with E-state index in [0.29, 0.717) is 23.8 Å². The van der Waals surface area contributed by atoms with Crippen LogP contribution in [-0.2, 0) is 4.79 Å². The second-order valence-electron chi connectivity index (χ2n) is 5.96. The molecule has 0 bridgehead atoms. The van der Waals surface area contributed by atoms with E-state index in [1.54, 1.807) is 49.6 Å². The van der Waals surface area contributed by atoms with E-state index in [9.17, 15) is 10.1 Å². The quantitative estimate of drug-likeness (QED) is 0.726. The molecule has 0 fully saturated rings. The first-order chi connectivity index (χ1) is 13.2. The van der Waals surface area contributed by atoms with Gasteiger partial charge in [-0.05, 0) is 36.3 Å². The molecule has 1 aliphatic carbocycles.